The number of fused-ring (bicyclic) bond motifs is 3. The molecule has 0 radical (unpaired) electrons. The number of hydrogen-bond acceptors (Lipinski definition) is 34. The van der Waals surface area contributed by atoms with E-state index < -0.39 is 106 Å². The number of imidazole rings is 1. The lowest BCUT2D eigenvalue weighted by Gasteiger charge is -2.15. The van der Waals surface area contributed by atoms with Crippen LogP contribution in [0.3, 0.4) is 0 Å². The molecule has 3 heterocycles. The molecule has 46 heteroatoms. The Morgan fingerprint density at radius 1 is 0.613 bits per heavy atom. The zero-order valence-corrected chi connectivity index (χ0v) is 61.1. The molecule has 0 fully saturated rings. The minimum Gasteiger partial charge on any atom is -0.497 e. The number of aliphatic hydroxyl groups is 1. The van der Waals surface area contributed by atoms with Crippen molar-refractivity contribution in [3.05, 3.63) is 129 Å². The molecule has 0 bridgehead atoms. The van der Waals surface area contributed by atoms with Gasteiger partial charge in [-0.2, -0.15) is 72.5 Å². The van der Waals surface area contributed by atoms with E-state index >= 15 is 0 Å². The Bertz CT molecular complexity index is 5710. The molecule has 0 aliphatic rings. The topological polar surface area (TPSA) is 589 Å². The third-order valence-corrected chi connectivity index (χ3v) is 21.0. The fourth-order valence-electron chi connectivity index (χ4n) is 9.57. The summed E-state index contributed by atoms with van der Waals surface area (Å²) in [5, 5.41) is 87.6. The summed E-state index contributed by atoms with van der Waals surface area (Å²) in [6.45, 7) is 3.77. The minimum atomic E-state index is -5.11. The van der Waals surface area contributed by atoms with Gasteiger partial charge in [0.25, 0.3) is 56.3 Å². The van der Waals surface area contributed by atoms with Gasteiger partial charge < -0.3 is 35.6 Å². The zero-order chi connectivity index (χ0) is 77.1. The lowest BCUT2D eigenvalue weighted by Crippen LogP contribution is -2.12. The summed E-state index contributed by atoms with van der Waals surface area (Å²) >= 11 is 1.99. The van der Waals surface area contributed by atoms with Crippen LogP contribution < -0.4 is 25.4 Å². The van der Waals surface area contributed by atoms with Gasteiger partial charge in [-0.3, -0.25) is 37.3 Å². The second-order valence-corrected chi connectivity index (χ2v) is 32.1. The van der Waals surface area contributed by atoms with Gasteiger partial charge >= 0.3 is 0 Å². The number of aryl methyl sites for hydroxylation is 2. The Morgan fingerprint density at radius 3 is 1.78 bits per heavy atom. The molecule has 0 spiro atoms. The van der Waals surface area contributed by atoms with Gasteiger partial charge in [0.2, 0.25) is 23.7 Å². The molecule has 9 aromatic rings. The number of hydrogen-bond donors (Lipinski definition) is 10. The standard InChI is InChI=1S/C60H60N18O21S7/c1-33-23-47(73-76-55-35(3)40(32-61)56-64-46-27-38(98-4)12-14-50(46)77(56)57(55)80)51(99-17-6-20-102(83,84)85)29-42(33)70-75-49-28-44(65-60-67-58(62-15-16-79)66-59(68-60)63-36-9-5-10-39(25-36)105(92,93)94)45(31-53(49)101-19-8-22-104(89,90)91)72-74-48-24-34(2)43(30-52(48)100-18-7-21-103(86,87)88)71-69-41-13-11-37(78(81)82)26-54(41)106(95,96)97/h5,9-14,23-31,79-80H,6-8,15-22H2,1-4H3,(H,83,84,85)(H,86,87,88)(H,89,90,91)(H,92,93,94)(H,95,96,97)(H3,62,63,65,66,67,68). The molecule has 0 amide bonds. The molecule has 106 heavy (non-hydrogen) atoms. The number of anilines is 5. The summed E-state index contributed by atoms with van der Waals surface area (Å²) in [6, 6.07) is 22.8. The van der Waals surface area contributed by atoms with Crippen LogP contribution in [-0.4, -0.2) is 160 Å². The molecule has 0 saturated heterocycles. The molecule has 3 aromatic heterocycles. The fraction of sp³-hybridized carbons (Fsp3) is 0.250. The number of nitriles is 1. The van der Waals surface area contributed by atoms with Gasteiger partial charge in [-0.15, -0.1) is 54.2 Å². The molecule has 6 aromatic carbocycles. The van der Waals surface area contributed by atoms with Crippen LogP contribution in [0.15, 0.2) is 158 Å². The van der Waals surface area contributed by atoms with E-state index in [1.807, 2.05) is 0 Å². The van der Waals surface area contributed by atoms with Crippen molar-refractivity contribution in [1.29, 1.82) is 5.26 Å². The third-order valence-electron chi connectivity index (χ3n) is 14.5. The zero-order valence-electron chi connectivity index (χ0n) is 55.4. The van der Waals surface area contributed by atoms with Crippen molar-refractivity contribution in [3.63, 3.8) is 0 Å². The van der Waals surface area contributed by atoms with E-state index in [4.69, 9.17) is 9.47 Å². The van der Waals surface area contributed by atoms with Gasteiger partial charge in [0.05, 0.1) is 81.2 Å². The molecule has 0 atom stereocenters. The average Bonchev–Trinajstić information content (AvgIpc) is 1.46. The van der Waals surface area contributed by atoms with E-state index in [2.05, 4.69) is 82.9 Å². The number of methoxy groups -OCH3 is 1. The molecule has 0 aliphatic heterocycles. The number of aromatic hydroxyl groups is 1. The van der Waals surface area contributed by atoms with Gasteiger partial charge in [-0.25, -0.2) is 4.98 Å². The number of nitro benzene ring substituents is 1. The number of azo groups is 4. The Hall–Kier alpha value is -10.4. The maximum absolute atomic E-state index is 12.4. The molecule has 0 saturated carbocycles. The van der Waals surface area contributed by atoms with Crippen molar-refractivity contribution in [2.45, 2.75) is 59.6 Å². The van der Waals surface area contributed by atoms with Crippen LogP contribution >= 0.6 is 23.5 Å². The number of aromatic nitrogens is 5. The highest BCUT2D eigenvalue weighted by molar-refractivity contribution is 7.99. The highest BCUT2D eigenvalue weighted by Gasteiger charge is 2.25. The molecule has 39 nitrogen and oxygen atoms in total. The van der Waals surface area contributed by atoms with E-state index in [1.54, 1.807) is 25.1 Å². The molecule has 0 unspecified atom stereocenters. The summed E-state index contributed by atoms with van der Waals surface area (Å²) in [5.41, 5.74) is 0.391. The van der Waals surface area contributed by atoms with E-state index in [0.29, 0.717) is 28.4 Å². The first-order chi connectivity index (χ1) is 50.0. The second-order valence-electron chi connectivity index (χ2n) is 22.3. The summed E-state index contributed by atoms with van der Waals surface area (Å²) in [4.78, 5) is 27.4. The number of rotatable bonds is 34. The first kappa shape index (κ1) is 79.7. The van der Waals surface area contributed by atoms with Gasteiger partial charge in [0.15, 0.2) is 11.3 Å². The lowest BCUT2D eigenvalue weighted by atomic mass is 10.1. The number of benzene rings is 6. The molecule has 0 aliphatic carbocycles. The molecule has 9 rings (SSSR count). The third kappa shape index (κ3) is 21.4. The van der Waals surface area contributed by atoms with Crippen molar-refractivity contribution in [2.24, 2.45) is 40.9 Å². The maximum Gasteiger partial charge on any atom is 0.297 e. The van der Waals surface area contributed by atoms with Crippen LogP contribution in [-0.2, 0) is 50.6 Å². The van der Waals surface area contributed by atoms with E-state index in [9.17, 15) is 90.4 Å². The smallest absolute Gasteiger partial charge is 0.297 e. The van der Waals surface area contributed by atoms with Gasteiger partial charge in [-0.1, -0.05) is 6.07 Å². The first-order valence-corrected chi connectivity index (χ1v) is 40.1. The highest BCUT2D eigenvalue weighted by atomic mass is 32.2. The van der Waals surface area contributed by atoms with Crippen molar-refractivity contribution >= 4 is 171 Å². The molecular weight excluding hydrogens is 1530 g/mol. The van der Waals surface area contributed by atoms with Crippen LogP contribution in [0, 0.1) is 42.2 Å². The van der Waals surface area contributed by atoms with Crippen LogP contribution in [0.4, 0.5) is 80.4 Å². The Labute approximate surface area is 611 Å². The van der Waals surface area contributed by atoms with Crippen LogP contribution in [0.1, 0.15) is 41.5 Å². The monoisotopic (exact) mass is 1590 g/mol. The minimum absolute atomic E-state index is 0.00287. The summed E-state index contributed by atoms with van der Waals surface area (Å²) in [5.74, 6) is -2.91. The van der Waals surface area contributed by atoms with Crippen molar-refractivity contribution in [3.8, 4) is 23.4 Å². The molecular formula is C60H60N18O21S7. The summed E-state index contributed by atoms with van der Waals surface area (Å²) in [7, 11) is -21.8. The predicted octanol–water partition coefficient (Wildman–Crippen LogP) is 12.5. The van der Waals surface area contributed by atoms with Crippen LogP contribution in [0.25, 0.3) is 16.7 Å². The highest BCUT2D eigenvalue weighted by Crippen LogP contribution is 2.46. The number of nitro groups is 1. The Balaban J connectivity index is 1.21. The number of thioether (sulfide) groups is 2. The van der Waals surface area contributed by atoms with Crippen molar-refractivity contribution in [2.75, 3.05) is 71.6 Å². The van der Waals surface area contributed by atoms with E-state index in [1.165, 1.54) is 73.9 Å². The fourth-order valence-corrected chi connectivity index (χ4v) is 14.5. The Kier molecular flexibility index (Phi) is 25.4. The second kappa shape index (κ2) is 33.8. The molecule has 10 N–H and O–H groups in total. The number of aliphatic hydroxyl groups excluding tert-OH is 1. The number of nitrogens with one attached hydrogen (secondary N) is 3. The quantitative estimate of drug-likeness (QED) is 0.00447. The largest absolute Gasteiger partial charge is 0.497 e. The van der Waals surface area contributed by atoms with Crippen molar-refractivity contribution in [1.82, 2.24) is 24.3 Å². The van der Waals surface area contributed by atoms with Gasteiger partial charge in [0, 0.05) is 51.9 Å². The number of nitrogens with zero attached hydrogens (tertiary/aromatic N) is 15. The summed E-state index contributed by atoms with van der Waals surface area (Å²) in [6.07, 6.45) is -0.491. The van der Waals surface area contributed by atoms with E-state index in [0.717, 1.165) is 47.8 Å². The maximum atomic E-state index is 12.4. The van der Waals surface area contributed by atoms with Crippen molar-refractivity contribution < 1.29 is 89.5 Å². The lowest BCUT2D eigenvalue weighted by molar-refractivity contribution is -0.385. The molecule has 558 valence electrons. The van der Waals surface area contributed by atoms with Gasteiger partial charge in [-0.05, 0) is 129 Å². The van der Waals surface area contributed by atoms with Crippen LogP contribution in [0.5, 0.6) is 17.4 Å². The van der Waals surface area contributed by atoms with E-state index in [-0.39, 0.29) is 151 Å². The van der Waals surface area contributed by atoms with Gasteiger partial charge in [0.1, 0.15) is 50.8 Å². The SMILES string of the molecule is COc1ccc2c(c1)nc1c(C#N)c(C)c(N=Nc3cc(C)c(N=Nc4cc(Nc5nc(NCCO)nc(Nc6cccc(S(=O)(=O)O)c6)n5)c(N=Nc5cc(C)c(N=Nc6ccc([N+](=O)[O-])cc6S(=O)(=O)O)cc5SCCCS(=O)(=O)O)cc4SCCCS(=O)(=O)O)cc3OCCCS(=O)(=O)O)c(O)n12. The first-order valence-electron chi connectivity index (χ1n) is 30.5. The Morgan fingerprint density at radius 2 is 1.18 bits per heavy atom. The number of pyridine rings is 1. The average molecular weight is 1590 g/mol. The number of ether oxygens (including phenoxy) is 2. The summed E-state index contributed by atoms with van der Waals surface area (Å²) < 4.78 is 182. The number of non-ortho nitro benzene ring substituents is 1. The van der Waals surface area contributed by atoms with Crippen LogP contribution in [0.2, 0.25) is 0 Å². The predicted molar refractivity (Wildman–Crippen MR) is 387 cm³/mol. The normalized spacial score (nSPS) is 12.5.